The molecule has 0 radical (unpaired) electrons. The van der Waals surface area contributed by atoms with Crippen molar-refractivity contribution >= 4 is 37.5 Å². The van der Waals surface area contributed by atoms with Crippen LogP contribution in [0, 0.1) is 0 Å². The summed E-state index contributed by atoms with van der Waals surface area (Å²) in [5.74, 6) is 0. The molecule has 0 spiro atoms. The lowest BCUT2D eigenvalue weighted by Gasteiger charge is -2.08. The largest absolute Gasteiger partial charge is 0.322 e. The number of para-hydroxylation sites is 1. The van der Waals surface area contributed by atoms with Gasteiger partial charge in [-0.05, 0) is 36.2 Å². The Labute approximate surface area is 124 Å². The maximum absolute atomic E-state index is 6.27. The molecule has 96 valence electrons. The van der Waals surface area contributed by atoms with Crippen LogP contribution in [0.3, 0.4) is 0 Å². The molecule has 1 aromatic heterocycles. The molecule has 0 bridgehead atoms. The van der Waals surface area contributed by atoms with Gasteiger partial charge in [0, 0.05) is 4.47 Å². The predicted molar refractivity (Wildman–Crippen MR) is 84.4 cm³/mol. The third-order valence-electron chi connectivity index (χ3n) is 2.97. The number of benzene rings is 2. The summed E-state index contributed by atoms with van der Waals surface area (Å²) in [6.07, 6.45) is 0.805. The first-order valence-electron chi connectivity index (χ1n) is 6.08. The number of fused-ring (bicyclic) bond motifs is 1. The van der Waals surface area contributed by atoms with Gasteiger partial charge in [0.05, 0.1) is 16.3 Å². The van der Waals surface area contributed by atoms with Crippen LogP contribution in [-0.4, -0.2) is 4.98 Å². The number of nitrogens with zero attached hydrogens (tertiary/aromatic N) is 1. The average molecular weight is 333 g/mol. The first-order chi connectivity index (χ1) is 9.22. The van der Waals surface area contributed by atoms with E-state index in [1.165, 1.54) is 10.3 Å². The van der Waals surface area contributed by atoms with Crippen molar-refractivity contribution in [2.75, 3.05) is 0 Å². The van der Waals surface area contributed by atoms with E-state index in [4.69, 9.17) is 5.73 Å². The molecule has 0 saturated heterocycles. The molecule has 19 heavy (non-hydrogen) atoms. The van der Waals surface area contributed by atoms with Gasteiger partial charge in [0.25, 0.3) is 0 Å². The molecule has 0 aliphatic carbocycles. The molecule has 0 aliphatic heterocycles. The van der Waals surface area contributed by atoms with Crippen molar-refractivity contribution in [1.29, 1.82) is 0 Å². The molecule has 1 atom stereocenters. The van der Waals surface area contributed by atoms with Gasteiger partial charge < -0.3 is 5.73 Å². The fourth-order valence-electron chi connectivity index (χ4n) is 2.05. The Morgan fingerprint density at radius 1 is 1.16 bits per heavy atom. The Hall–Kier alpha value is -1.23. The van der Waals surface area contributed by atoms with Gasteiger partial charge in [-0.2, -0.15) is 0 Å². The standard InChI is InChI=1S/C15H13BrN2S/c16-11-5-3-4-10(8-11)9-12(17)15-18-13-6-1-2-7-14(13)19-15/h1-8,12H,9,17H2. The number of rotatable bonds is 3. The van der Waals surface area contributed by atoms with E-state index >= 15 is 0 Å². The SMILES string of the molecule is NC(Cc1cccc(Br)c1)c1nc2ccccc2s1. The van der Waals surface area contributed by atoms with E-state index in [9.17, 15) is 0 Å². The molecular formula is C15H13BrN2S. The third-order valence-corrected chi connectivity index (χ3v) is 4.63. The van der Waals surface area contributed by atoms with Gasteiger partial charge in [-0.3, -0.25) is 0 Å². The molecule has 0 aliphatic rings. The van der Waals surface area contributed by atoms with Crippen LogP contribution < -0.4 is 5.73 Å². The fraction of sp³-hybridized carbons (Fsp3) is 0.133. The zero-order valence-corrected chi connectivity index (χ0v) is 12.6. The van der Waals surface area contributed by atoms with Crippen LogP contribution in [-0.2, 0) is 6.42 Å². The second kappa shape index (κ2) is 5.41. The van der Waals surface area contributed by atoms with Crippen LogP contribution in [0.15, 0.2) is 53.0 Å². The van der Waals surface area contributed by atoms with E-state index in [2.05, 4.69) is 39.1 Å². The van der Waals surface area contributed by atoms with Crippen LogP contribution in [0.4, 0.5) is 0 Å². The maximum atomic E-state index is 6.27. The van der Waals surface area contributed by atoms with Gasteiger partial charge >= 0.3 is 0 Å². The van der Waals surface area contributed by atoms with E-state index < -0.39 is 0 Å². The molecule has 3 rings (SSSR count). The first kappa shape index (κ1) is 12.8. The molecule has 0 amide bonds. The summed E-state index contributed by atoms with van der Waals surface area (Å²) >= 11 is 5.16. The molecule has 1 heterocycles. The second-order valence-corrected chi connectivity index (χ2v) is 6.44. The molecule has 0 fully saturated rings. The summed E-state index contributed by atoms with van der Waals surface area (Å²) < 4.78 is 2.28. The van der Waals surface area contributed by atoms with Crippen molar-refractivity contribution < 1.29 is 0 Å². The fourth-order valence-corrected chi connectivity index (χ4v) is 3.47. The number of thiazole rings is 1. The van der Waals surface area contributed by atoms with Gasteiger partial charge in [-0.1, -0.05) is 40.2 Å². The van der Waals surface area contributed by atoms with E-state index in [1.54, 1.807) is 11.3 Å². The normalized spacial score (nSPS) is 12.7. The monoisotopic (exact) mass is 332 g/mol. The van der Waals surface area contributed by atoms with Crippen molar-refractivity contribution in [1.82, 2.24) is 4.98 Å². The average Bonchev–Trinajstić information content (AvgIpc) is 2.82. The minimum atomic E-state index is -0.0494. The van der Waals surface area contributed by atoms with Crippen LogP contribution in [0.25, 0.3) is 10.2 Å². The Bertz CT molecular complexity index is 675. The molecule has 4 heteroatoms. The second-order valence-electron chi connectivity index (χ2n) is 4.46. The Morgan fingerprint density at radius 2 is 2.00 bits per heavy atom. The number of aromatic nitrogens is 1. The quantitative estimate of drug-likeness (QED) is 0.776. The summed E-state index contributed by atoms with van der Waals surface area (Å²) in [6.45, 7) is 0. The highest BCUT2D eigenvalue weighted by Gasteiger charge is 2.12. The number of halogens is 1. The van der Waals surface area contributed by atoms with Crippen molar-refractivity contribution in [2.45, 2.75) is 12.5 Å². The number of hydrogen-bond donors (Lipinski definition) is 1. The summed E-state index contributed by atoms with van der Waals surface area (Å²) in [5, 5.41) is 1.00. The van der Waals surface area contributed by atoms with Crippen molar-refractivity contribution in [3.63, 3.8) is 0 Å². The van der Waals surface area contributed by atoms with Gasteiger partial charge in [0.1, 0.15) is 5.01 Å². The summed E-state index contributed by atoms with van der Waals surface area (Å²) in [5.41, 5.74) is 8.53. The van der Waals surface area contributed by atoms with E-state index in [0.29, 0.717) is 0 Å². The molecule has 3 aromatic rings. The van der Waals surface area contributed by atoms with Gasteiger partial charge in [0.2, 0.25) is 0 Å². The zero-order valence-electron chi connectivity index (χ0n) is 10.2. The van der Waals surface area contributed by atoms with Crippen LogP contribution in [0.2, 0.25) is 0 Å². The highest BCUT2D eigenvalue weighted by atomic mass is 79.9. The summed E-state index contributed by atoms with van der Waals surface area (Å²) in [7, 11) is 0. The number of hydrogen-bond acceptors (Lipinski definition) is 3. The van der Waals surface area contributed by atoms with Crippen molar-refractivity contribution in [3.8, 4) is 0 Å². The zero-order chi connectivity index (χ0) is 13.2. The Balaban J connectivity index is 1.85. The first-order valence-corrected chi connectivity index (χ1v) is 7.69. The molecule has 0 saturated carbocycles. The lowest BCUT2D eigenvalue weighted by molar-refractivity contribution is 0.717. The molecule has 2 nitrogen and oxygen atoms in total. The van der Waals surface area contributed by atoms with Crippen molar-refractivity contribution in [3.05, 3.63) is 63.6 Å². The van der Waals surface area contributed by atoms with E-state index in [0.717, 1.165) is 21.4 Å². The Morgan fingerprint density at radius 3 is 2.79 bits per heavy atom. The lowest BCUT2D eigenvalue weighted by atomic mass is 10.1. The van der Waals surface area contributed by atoms with E-state index in [1.807, 2.05) is 30.3 Å². The smallest absolute Gasteiger partial charge is 0.111 e. The summed E-state index contributed by atoms with van der Waals surface area (Å²) in [6, 6.07) is 16.4. The van der Waals surface area contributed by atoms with Crippen LogP contribution in [0.1, 0.15) is 16.6 Å². The highest BCUT2D eigenvalue weighted by molar-refractivity contribution is 9.10. The number of nitrogens with two attached hydrogens (primary N) is 1. The van der Waals surface area contributed by atoms with Gasteiger partial charge in [0.15, 0.2) is 0 Å². The molecule has 2 N–H and O–H groups in total. The Kier molecular flexibility index (Phi) is 3.64. The molecule has 2 aromatic carbocycles. The lowest BCUT2D eigenvalue weighted by Crippen LogP contribution is -2.12. The highest BCUT2D eigenvalue weighted by Crippen LogP contribution is 2.27. The minimum Gasteiger partial charge on any atom is -0.322 e. The predicted octanol–water partition coefficient (Wildman–Crippen LogP) is 4.30. The minimum absolute atomic E-state index is 0.0494. The van der Waals surface area contributed by atoms with Crippen LogP contribution in [0.5, 0.6) is 0 Å². The maximum Gasteiger partial charge on any atom is 0.111 e. The topological polar surface area (TPSA) is 38.9 Å². The van der Waals surface area contributed by atoms with E-state index in [-0.39, 0.29) is 6.04 Å². The van der Waals surface area contributed by atoms with Crippen molar-refractivity contribution in [2.24, 2.45) is 5.73 Å². The van der Waals surface area contributed by atoms with Gasteiger partial charge in [-0.15, -0.1) is 11.3 Å². The third kappa shape index (κ3) is 2.86. The van der Waals surface area contributed by atoms with Crippen LogP contribution >= 0.6 is 27.3 Å². The summed E-state index contributed by atoms with van der Waals surface area (Å²) in [4.78, 5) is 4.61. The molecular weight excluding hydrogens is 320 g/mol. The van der Waals surface area contributed by atoms with Gasteiger partial charge in [-0.25, -0.2) is 4.98 Å². The molecule has 1 unspecified atom stereocenters.